The van der Waals surface area contributed by atoms with Crippen LogP contribution in [0, 0.1) is 5.92 Å². The van der Waals surface area contributed by atoms with Gasteiger partial charge in [-0.3, -0.25) is 9.59 Å². The molecule has 0 aliphatic carbocycles. The van der Waals surface area contributed by atoms with Gasteiger partial charge in [-0.1, -0.05) is 45.4 Å². The van der Waals surface area contributed by atoms with Crippen LogP contribution in [0.4, 0.5) is 0 Å². The minimum absolute atomic E-state index is 0.223. The Morgan fingerprint density at radius 3 is 1.94 bits per heavy atom. The van der Waals surface area contributed by atoms with E-state index in [0.29, 0.717) is 18.8 Å². The van der Waals surface area contributed by atoms with Crippen LogP contribution in [0.5, 0.6) is 0 Å². The lowest BCUT2D eigenvalue weighted by Gasteiger charge is -2.13. The summed E-state index contributed by atoms with van der Waals surface area (Å²) in [5.41, 5.74) is 0. The molecule has 0 N–H and O–H groups in total. The summed E-state index contributed by atoms with van der Waals surface area (Å²) in [4.78, 5) is 21.2. The first-order valence-electron chi connectivity index (χ1n) is 6.93. The van der Waals surface area contributed by atoms with E-state index in [4.69, 9.17) is 23.2 Å². The summed E-state index contributed by atoms with van der Waals surface area (Å²) in [7, 11) is 0. The molecule has 18 heavy (non-hydrogen) atoms. The first-order chi connectivity index (χ1) is 8.56. The van der Waals surface area contributed by atoms with Gasteiger partial charge in [-0.2, -0.15) is 0 Å². The Morgan fingerprint density at radius 2 is 1.39 bits per heavy atom. The molecule has 0 spiro atoms. The van der Waals surface area contributed by atoms with E-state index in [0.717, 1.165) is 32.1 Å². The van der Waals surface area contributed by atoms with Crippen LogP contribution in [0.15, 0.2) is 0 Å². The molecule has 0 saturated heterocycles. The Morgan fingerprint density at radius 1 is 0.833 bits per heavy atom. The molecule has 4 heteroatoms. The van der Waals surface area contributed by atoms with Crippen molar-refractivity contribution in [1.29, 1.82) is 0 Å². The lowest BCUT2D eigenvalue weighted by atomic mass is 9.94. The SMILES string of the molecule is CCC(CCCCCCCC(=O)Cl)CCC(=O)Cl. The number of hydrogen-bond acceptors (Lipinski definition) is 2. The zero-order chi connectivity index (χ0) is 13.8. The Kier molecular flexibility index (Phi) is 11.9. The normalized spacial score (nSPS) is 12.4. The van der Waals surface area contributed by atoms with Crippen LogP contribution in [-0.2, 0) is 9.59 Å². The highest BCUT2D eigenvalue weighted by Gasteiger charge is 2.08. The van der Waals surface area contributed by atoms with Crippen LogP contribution in [0.25, 0.3) is 0 Å². The van der Waals surface area contributed by atoms with Crippen LogP contribution in [0.2, 0.25) is 0 Å². The van der Waals surface area contributed by atoms with Gasteiger partial charge in [-0.15, -0.1) is 0 Å². The summed E-state index contributed by atoms with van der Waals surface area (Å²) >= 11 is 10.6. The Hall–Kier alpha value is -0.0800. The molecule has 0 aromatic rings. The number of halogens is 2. The van der Waals surface area contributed by atoms with Gasteiger partial charge in [0.1, 0.15) is 0 Å². The van der Waals surface area contributed by atoms with E-state index in [1.807, 2.05) is 0 Å². The molecule has 0 bridgehead atoms. The van der Waals surface area contributed by atoms with Crippen molar-refractivity contribution in [2.45, 2.75) is 71.1 Å². The molecule has 1 unspecified atom stereocenters. The standard InChI is InChI=1S/C14H24Cl2O2/c1-2-12(10-11-14(16)18)8-6-4-3-5-7-9-13(15)17/h12H,2-11H2,1H3. The van der Waals surface area contributed by atoms with Crippen LogP contribution in [0.3, 0.4) is 0 Å². The maximum atomic E-state index is 10.7. The highest BCUT2D eigenvalue weighted by Crippen LogP contribution is 2.20. The molecule has 0 amide bonds. The van der Waals surface area contributed by atoms with Crippen molar-refractivity contribution in [3.8, 4) is 0 Å². The van der Waals surface area contributed by atoms with E-state index in [1.54, 1.807) is 0 Å². The van der Waals surface area contributed by atoms with E-state index in [9.17, 15) is 9.59 Å². The average Bonchev–Trinajstić information content (AvgIpc) is 2.31. The molecule has 0 aliphatic heterocycles. The van der Waals surface area contributed by atoms with Gasteiger partial charge in [-0.25, -0.2) is 0 Å². The second kappa shape index (κ2) is 12.0. The maximum absolute atomic E-state index is 10.7. The number of hydrogen-bond donors (Lipinski definition) is 0. The van der Waals surface area contributed by atoms with E-state index in [1.165, 1.54) is 19.3 Å². The molecule has 0 saturated carbocycles. The van der Waals surface area contributed by atoms with Gasteiger partial charge in [-0.05, 0) is 42.0 Å². The molecular formula is C14H24Cl2O2. The molecule has 0 aromatic heterocycles. The van der Waals surface area contributed by atoms with Crippen LogP contribution >= 0.6 is 23.2 Å². The summed E-state index contributed by atoms with van der Waals surface area (Å²) < 4.78 is 0. The van der Waals surface area contributed by atoms with Gasteiger partial charge in [0.15, 0.2) is 0 Å². The van der Waals surface area contributed by atoms with Gasteiger partial charge >= 0.3 is 0 Å². The first kappa shape index (κ1) is 17.9. The number of rotatable bonds is 12. The predicted molar refractivity (Wildman–Crippen MR) is 77.1 cm³/mol. The van der Waals surface area contributed by atoms with Gasteiger partial charge in [0.25, 0.3) is 0 Å². The summed E-state index contributed by atoms with van der Waals surface area (Å²) in [6.45, 7) is 2.16. The molecule has 0 fully saturated rings. The smallest absolute Gasteiger partial charge is 0.221 e. The van der Waals surface area contributed by atoms with Crippen molar-refractivity contribution in [1.82, 2.24) is 0 Å². The van der Waals surface area contributed by atoms with Crippen molar-refractivity contribution < 1.29 is 9.59 Å². The zero-order valence-corrected chi connectivity index (χ0v) is 12.7. The van der Waals surface area contributed by atoms with E-state index in [2.05, 4.69) is 6.92 Å². The van der Waals surface area contributed by atoms with Gasteiger partial charge in [0.05, 0.1) is 0 Å². The van der Waals surface area contributed by atoms with Gasteiger partial charge in [0.2, 0.25) is 10.5 Å². The molecule has 106 valence electrons. The topological polar surface area (TPSA) is 34.1 Å². The molecule has 0 aromatic carbocycles. The average molecular weight is 295 g/mol. The zero-order valence-electron chi connectivity index (χ0n) is 11.2. The predicted octanol–water partition coefficient (Wildman–Crippen LogP) is 5.05. The second-order valence-electron chi connectivity index (χ2n) is 4.83. The van der Waals surface area contributed by atoms with Gasteiger partial charge < -0.3 is 0 Å². The number of unbranched alkanes of at least 4 members (excludes halogenated alkanes) is 4. The van der Waals surface area contributed by atoms with Crippen molar-refractivity contribution in [2.75, 3.05) is 0 Å². The number of carbonyl (C=O) groups excluding carboxylic acids is 2. The quantitative estimate of drug-likeness (QED) is 0.373. The Labute approximate surface area is 120 Å². The lowest BCUT2D eigenvalue weighted by molar-refractivity contribution is -0.112. The molecular weight excluding hydrogens is 271 g/mol. The Bertz CT molecular complexity index is 242. The monoisotopic (exact) mass is 294 g/mol. The second-order valence-corrected chi connectivity index (χ2v) is 5.67. The van der Waals surface area contributed by atoms with Crippen molar-refractivity contribution in [3.63, 3.8) is 0 Å². The summed E-state index contributed by atoms with van der Waals surface area (Å²) in [6.07, 6.45) is 9.74. The Balaban J connectivity index is 3.39. The molecule has 0 radical (unpaired) electrons. The molecule has 0 aliphatic rings. The van der Waals surface area contributed by atoms with Crippen LogP contribution in [0.1, 0.15) is 71.1 Å². The third kappa shape index (κ3) is 12.4. The number of carbonyl (C=O) groups is 2. The van der Waals surface area contributed by atoms with E-state index < -0.39 is 0 Å². The van der Waals surface area contributed by atoms with E-state index in [-0.39, 0.29) is 10.5 Å². The minimum Gasteiger partial charge on any atom is -0.281 e. The van der Waals surface area contributed by atoms with Crippen molar-refractivity contribution >= 4 is 33.7 Å². The van der Waals surface area contributed by atoms with Crippen molar-refractivity contribution in [3.05, 3.63) is 0 Å². The summed E-state index contributed by atoms with van der Waals surface area (Å²) in [5.74, 6) is 0.622. The third-order valence-electron chi connectivity index (χ3n) is 3.31. The fourth-order valence-electron chi connectivity index (χ4n) is 2.10. The minimum atomic E-state index is -0.230. The maximum Gasteiger partial charge on any atom is 0.221 e. The molecule has 1 atom stereocenters. The lowest BCUT2D eigenvalue weighted by Crippen LogP contribution is -2.01. The van der Waals surface area contributed by atoms with Crippen LogP contribution < -0.4 is 0 Å². The molecule has 0 heterocycles. The van der Waals surface area contributed by atoms with Gasteiger partial charge in [0, 0.05) is 12.8 Å². The first-order valence-corrected chi connectivity index (χ1v) is 7.68. The van der Waals surface area contributed by atoms with Crippen molar-refractivity contribution in [2.24, 2.45) is 5.92 Å². The summed E-state index contributed by atoms with van der Waals surface area (Å²) in [6, 6.07) is 0. The highest BCUT2D eigenvalue weighted by molar-refractivity contribution is 6.63. The highest BCUT2D eigenvalue weighted by atomic mass is 35.5. The molecule has 2 nitrogen and oxygen atoms in total. The largest absolute Gasteiger partial charge is 0.281 e. The summed E-state index contributed by atoms with van der Waals surface area (Å²) in [5, 5.41) is -0.453. The third-order valence-corrected chi connectivity index (χ3v) is 3.69. The fourth-order valence-corrected chi connectivity index (χ4v) is 2.34. The fraction of sp³-hybridized carbons (Fsp3) is 0.857. The van der Waals surface area contributed by atoms with E-state index >= 15 is 0 Å². The molecule has 0 rings (SSSR count). The van der Waals surface area contributed by atoms with Crippen LogP contribution in [-0.4, -0.2) is 10.5 Å².